The Balaban J connectivity index is 2.09. The van der Waals surface area contributed by atoms with Crippen molar-refractivity contribution in [2.24, 2.45) is 5.92 Å². The monoisotopic (exact) mass is 205 g/mol. The summed E-state index contributed by atoms with van der Waals surface area (Å²) in [6, 6.07) is 8.59. The van der Waals surface area contributed by atoms with Crippen LogP contribution in [-0.4, -0.2) is 11.1 Å². The highest BCUT2D eigenvalue weighted by Gasteiger charge is 2.23. The van der Waals surface area contributed by atoms with Crippen LogP contribution in [0.3, 0.4) is 0 Å². The summed E-state index contributed by atoms with van der Waals surface area (Å²) < 4.78 is 0. The second kappa shape index (κ2) is 4.67. The molecular formula is C13H19NO. The summed E-state index contributed by atoms with van der Waals surface area (Å²) in [5, 5.41) is 12.8. The summed E-state index contributed by atoms with van der Waals surface area (Å²) in [7, 11) is 0. The van der Waals surface area contributed by atoms with Gasteiger partial charge < -0.3 is 10.4 Å². The minimum absolute atomic E-state index is 0.115. The summed E-state index contributed by atoms with van der Waals surface area (Å²) in [4.78, 5) is 0. The molecule has 1 saturated carbocycles. The van der Waals surface area contributed by atoms with E-state index in [0.717, 1.165) is 17.2 Å². The van der Waals surface area contributed by atoms with E-state index >= 15 is 0 Å². The van der Waals surface area contributed by atoms with Gasteiger partial charge in [0.25, 0.3) is 0 Å². The van der Waals surface area contributed by atoms with Crippen LogP contribution in [-0.2, 0) is 6.61 Å². The Bertz CT molecular complexity index is 324. The molecule has 0 bridgehead atoms. The van der Waals surface area contributed by atoms with Crippen LogP contribution in [0.4, 0.5) is 5.69 Å². The van der Waals surface area contributed by atoms with Gasteiger partial charge in [0.1, 0.15) is 0 Å². The van der Waals surface area contributed by atoms with E-state index in [9.17, 15) is 5.11 Å². The molecule has 1 aromatic rings. The van der Waals surface area contributed by atoms with Crippen LogP contribution in [0.15, 0.2) is 24.3 Å². The smallest absolute Gasteiger partial charge is 0.0701 e. The van der Waals surface area contributed by atoms with Gasteiger partial charge in [-0.2, -0.15) is 0 Å². The fourth-order valence-electron chi connectivity index (χ4n) is 2.36. The lowest BCUT2D eigenvalue weighted by atomic mass is 10.1. The van der Waals surface area contributed by atoms with Crippen molar-refractivity contribution >= 4 is 5.69 Å². The first kappa shape index (κ1) is 10.5. The molecule has 2 atom stereocenters. The number of aliphatic hydroxyl groups is 1. The van der Waals surface area contributed by atoms with Gasteiger partial charge in [-0.25, -0.2) is 0 Å². The number of rotatable bonds is 3. The maximum atomic E-state index is 9.22. The van der Waals surface area contributed by atoms with Gasteiger partial charge in [-0.1, -0.05) is 31.5 Å². The topological polar surface area (TPSA) is 32.3 Å². The Labute approximate surface area is 91.3 Å². The molecular weight excluding hydrogens is 186 g/mol. The maximum absolute atomic E-state index is 9.22. The fourth-order valence-corrected chi connectivity index (χ4v) is 2.36. The van der Waals surface area contributed by atoms with Crippen LogP contribution in [0.25, 0.3) is 0 Å². The number of para-hydroxylation sites is 1. The van der Waals surface area contributed by atoms with Crippen LogP contribution in [0.5, 0.6) is 0 Å². The highest BCUT2D eigenvalue weighted by atomic mass is 16.3. The van der Waals surface area contributed by atoms with Crippen LogP contribution >= 0.6 is 0 Å². The lowest BCUT2D eigenvalue weighted by Gasteiger charge is -2.20. The molecule has 0 spiro atoms. The van der Waals surface area contributed by atoms with Gasteiger partial charge >= 0.3 is 0 Å². The van der Waals surface area contributed by atoms with Crippen molar-refractivity contribution in [3.63, 3.8) is 0 Å². The number of aliphatic hydroxyl groups excluding tert-OH is 1. The average molecular weight is 205 g/mol. The molecule has 0 unspecified atom stereocenters. The van der Waals surface area contributed by atoms with E-state index in [4.69, 9.17) is 0 Å². The molecule has 0 amide bonds. The van der Waals surface area contributed by atoms with Crippen molar-refractivity contribution in [2.45, 2.75) is 38.8 Å². The molecule has 0 saturated heterocycles. The molecule has 2 nitrogen and oxygen atoms in total. The van der Waals surface area contributed by atoms with Crippen molar-refractivity contribution < 1.29 is 5.11 Å². The number of benzene rings is 1. The minimum atomic E-state index is 0.115. The van der Waals surface area contributed by atoms with Gasteiger partial charge in [-0.15, -0.1) is 0 Å². The van der Waals surface area contributed by atoms with E-state index in [0.29, 0.717) is 6.04 Å². The molecule has 0 aliphatic heterocycles. The summed E-state index contributed by atoms with van der Waals surface area (Å²) in [6.45, 7) is 2.41. The molecule has 0 heterocycles. The Morgan fingerprint density at radius 3 is 2.80 bits per heavy atom. The van der Waals surface area contributed by atoms with Crippen molar-refractivity contribution in [2.75, 3.05) is 5.32 Å². The van der Waals surface area contributed by atoms with E-state index in [2.05, 4.69) is 18.3 Å². The van der Waals surface area contributed by atoms with E-state index in [1.54, 1.807) is 0 Å². The van der Waals surface area contributed by atoms with Gasteiger partial charge in [0.15, 0.2) is 0 Å². The second-order valence-electron chi connectivity index (χ2n) is 4.47. The quantitative estimate of drug-likeness (QED) is 0.795. The predicted octanol–water partition coefficient (Wildman–Crippen LogP) is 2.78. The molecule has 0 aromatic heterocycles. The second-order valence-corrected chi connectivity index (χ2v) is 4.47. The zero-order valence-corrected chi connectivity index (χ0v) is 9.24. The standard InChI is InChI=1S/C13H19NO/c1-10-5-4-8-12(10)14-13-7-3-2-6-11(13)9-15/h2-3,6-7,10,12,14-15H,4-5,8-9H2,1H3/t10-,12-/m1/s1. The van der Waals surface area contributed by atoms with E-state index in [1.165, 1.54) is 19.3 Å². The van der Waals surface area contributed by atoms with Crippen LogP contribution < -0.4 is 5.32 Å². The van der Waals surface area contributed by atoms with Gasteiger partial charge in [0, 0.05) is 17.3 Å². The zero-order chi connectivity index (χ0) is 10.7. The predicted molar refractivity (Wildman–Crippen MR) is 62.8 cm³/mol. The van der Waals surface area contributed by atoms with E-state index in [1.807, 2.05) is 18.2 Å². The molecule has 2 rings (SSSR count). The van der Waals surface area contributed by atoms with Gasteiger partial charge in [0.05, 0.1) is 6.61 Å². The molecule has 1 aromatic carbocycles. The normalized spacial score (nSPS) is 25.5. The van der Waals surface area contributed by atoms with Crippen molar-refractivity contribution in [1.29, 1.82) is 0 Å². The van der Waals surface area contributed by atoms with Gasteiger partial charge in [-0.05, 0) is 24.8 Å². The molecule has 1 aliphatic rings. The fraction of sp³-hybridized carbons (Fsp3) is 0.538. The highest BCUT2D eigenvalue weighted by Crippen LogP contribution is 2.29. The van der Waals surface area contributed by atoms with Crippen LogP contribution in [0, 0.1) is 5.92 Å². The van der Waals surface area contributed by atoms with Crippen molar-refractivity contribution in [1.82, 2.24) is 0 Å². The number of hydrogen-bond donors (Lipinski definition) is 2. The number of nitrogens with one attached hydrogen (secondary N) is 1. The Kier molecular flexibility index (Phi) is 3.27. The summed E-state index contributed by atoms with van der Waals surface area (Å²) in [5.74, 6) is 0.747. The van der Waals surface area contributed by atoms with E-state index in [-0.39, 0.29) is 6.61 Å². The highest BCUT2D eigenvalue weighted by molar-refractivity contribution is 5.51. The number of anilines is 1. The molecule has 1 aliphatic carbocycles. The minimum Gasteiger partial charge on any atom is -0.392 e. The average Bonchev–Trinajstić information content (AvgIpc) is 2.65. The lowest BCUT2D eigenvalue weighted by molar-refractivity contribution is 0.282. The van der Waals surface area contributed by atoms with Gasteiger partial charge in [-0.3, -0.25) is 0 Å². The maximum Gasteiger partial charge on any atom is 0.0701 e. The van der Waals surface area contributed by atoms with Crippen LogP contribution in [0.2, 0.25) is 0 Å². The Morgan fingerprint density at radius 2 is 2.13 bits per heavy atom. The van der Waals surface area contributed by atoms with Crippen molar-refractivity contribution in [3.8, 4) is 0 Å². The lowest BCUT2D eigenvalue weighted by Crippen LogP contribution is -2.22. The third-order valence-corrected chi connectivity index (χ3v) is 3.39. The first-order chi connectivity index (χ1) is 7.31. The third kappa shape index (κ3) is 2.32. The summed E-state index contributed by atoms with van der Waals surface area (Å²) in [5.41, 5.74) is 2.09. The third-order valence-electron chi connectivity index (χ3n) is 3.39. The summed E-state index contributed by atoms with van der Waals surface area (Å²) >= 11 is 0. The molecule has 82 valence electrons. The zero-order valence-electron chi connectivity index (χ0n) is 9.24. The van der Waals surface area contributed by atoms with E-state index < -0.39 is 0 Å². The Hall–Kier alpha value is -1.02. The molecule has 2 heteroatoms. The Morgan fingerprint density at radius 1 is 1.33 bits per heavy atom. The molecule has 1 fully saturated rings. The largest absolute Gasteiger partial charge is 0.392 e. The molecule has 2 N–H and O–H groups in total. The number of hydrogen-bond acceptors (Lipinski definition) is 2. The first-order valence-corrected chi connectivity index (χ1v) is 5.76. The van der Waals surface area contributed by atoms with Crippen molar-refractivity contribution in [3.05, 3.63) is 29.8 Å². The summed E-state index contributed by atoms with van der Waals surface area (Å²) in [6.07, 6.45) is 3.89. The molecule has 0 radical (unpaired) electrons. The molecule has 15 heavy (non-hydrogen) atoms. The SMILES string of the molecule is C[C@@H]1CCC[C@H]1Nc1ccccc1CO. The first-order valence-electron chi connectivity index (χ1n) is 5.76. The van der Waals surface area contributed by atoms with Gasteiger partial charge in [0.2, 0.25) is 0 Å². The van der Waals surface area contributed by atoms with Crippen LogP contribution in [0.1, 0.15) is 31.7 Å².